The van der Waals surface area contributed by atoms with E-state index in [1.54, 1.807) is 0 Å². The van der Waals surface area contributed by atoms with Crippen LogP contribution in [0.5, 0.6) is 0 Å². The maximum Gasteiger partial charge on any atom is 0.0709 e. The number of allylic oxidation sites excluding steroid dienone is 2. The fourth-order valence-electron chi connectivity index (χ4n) is 6.71. The van der Waals surface area contributed by atoms with Crippen LogP contribution in [0.2, 0.25) is 0 Å². The zero-order valence-corrected chi connectivity index (χ0v) is 23.5. The summed E-state index contributed by atoms with van der Waals surface area (Å²) in [6, 6.07) is 50.1. The monoisotopic (exact) mass is 546 g/mol. The van der Waals surface area contributed by atoms with Gasteiger partial charge in [0.05, 0.1) is 28.3 Å². The van der Waals surface area contributed by atoms with E-state index in [1.165, 1.54) is 44.3 Å². The average molecular weight is 547 g/mol. The van der Waals surface area contributed by atoms with E-state index in [9.17, 15) is 0 Å². The first kappa shape index (κ1) is 23.9. The first-order valence-electron chi connectivity index (χ1n) is 14.7. The molecule has 43 heavy (non-hydrogen) atoms. The van der Waals surface area contributed by atoms with Crippen molar-refractivity contribution in [3.63, 3.8) is 0 Å². The van der Waals surface area contributed by atoms with Crippen LogP contribution in [-0.4, -0.2) is 4.98 Å². The van der Waals surface area contributed by atoms with E-state index in [0.717, 1.165) is 44.7 Å². The second kappa shape index (κ2) is 9.14. The predicted molar refractivity (Wildman–Crippen MR) is 181 cm³/mol. The van der Waals surface area contributed by atoms with Crippen molar-refractivity contribution in [2.75, 3.05) is 4.90 Å². The fraction of sp³-hybridized carbons (Fsp3) is 0. The molecular formula is C41H26N2. The number of nitrogens with zero attached hydrogens (tertiary/aromatic N) is 2. The molecule has 0 atom stereocenters. The van der Waals surface area contributed by atoms with Crippen molar-refractivity contribution in [3.8, 4) is 33.5 Å². The van der Waals surface area contributed by atoms with Gasteiger partial charge in [0.1, 0.15) is 0 Å². The Labute approximate surface area is 250 Å². The minimum atomic E-state index is 0.975. The Hall–Kier alpha value is -5.73. The van der Waals surface area contributed by atoms with E-state index in [1.807, 2.05) is 6.07 Å². The molecule has 1 aromatic heterocycles. The maximum atomic E-state index is 5.04. The Balaban J connectivity index is 1.28. The average Bonchev–Trinajstić information content (AvgIpc) is 3.07. The van der Waals surface area contributed by atoms with Gasteiger partial charge in [-0.2, -0.15) is 0 Å². The lowest BCUT2D eigenvalue weighted by molar-refractivity contribution is 1.24. The number of anilines is 2. The highest BCUT2D eigenvalue weighted by molar-refractivity contribution is 6.11. The van der Waals surface area contributed by atoms with Crippen LogP contribution < -0.4 is 4.90 Å². The zero-order chi connectivity index (χ0) is 28.5. The van der Waals surface area contributed by atoms with Gasteiger partial charge < -0.3 is 4.90 Å². The van der Waals surface area contributed by atoms with Gasteiger partial charge >= 0.3 is 0 Å². The van der Waals surface area contributed by atoms with Crippen molar-refractivity contribution in [2.45, 2.75) is 0 Å². The Kier molecular flexibility index (Phi) is 5.08. The third kappa shape index (κ3) is 3.70. The molecule has 0 bridgehead atoms. The van der Waals surface area contributed by atoms with Crippen LogP contribution >= 0.6 is 0 Å². The van der Waals surface area contributed by atoms with E-state index in [4.69, 9.17) is 4.98 Å². The van der Waals surface area contributed by atoms with E-state index in [0.29, 0.717) is 0 Å². The summed E-state index contributed by atoms with van der Waals surface area (Å²) < 4.78 is 0. The molecule has 0 spiro atoms. The van der Waals surface area contributed by atoms with Crippen LogP contribution in [0.1, 0.15) is 11.1 Å². The Bertz CT molecular complexity index is 2320. The molecule has 7 aromatic rings. The molecule has 0 unspecified atom stereocenters. The quantitative estimate of drug-likeness (QED) is 0.214. The molecule has 2 nitrogen and oxygen atoms in total. The highest BCUT2D eigenvalue weighted by Gasteiger charge is 2.32. The highest BCUT2D eigenvalue weighted by atomic mass is 15.2. The lowest BCUT2D eigenvalue weighted by Gasteiger charge is -2.39. The van der Waals surface area contributed by atoms with E-state index < -0.39 is 0 Å². The van der Waals surface area contributed by atoms with Gasteiger partial charge in [0.25, 0.3) is 0 Å². The van der Waals surface area contributed by atoms with E-state index in [-0.39, 0.29) is 0 Å². The van der Waals surface area contributed by atoms with Crippen LogP contribution in [0.4, 0.5) is 11.4 Å². The van der Waals surface area contributed by atoms with Crippen molar-refractivity contribution < 1.29 is 0 Å². The Morgan fingerprint density at radius 1 is 0.465 bits per heavy atom. The number of hydrogen-bond acceptors (Lipinski definition) is 2. The molecule has 200 valence electrons. The summed E-state index contributed by atoms with van der Waals surface area (Å²) >= 11 is 0. The molecule has 0 amide bonds. The summed E-state index contributed by atoms with van der Waals surface area (Å²) in [7, 11) is 0. The molecule has 6 aromatic carbocycles. The number of aromatic nitrogens is 1. The molecule has 0 N–H and O–H groups in total. The topological polar surface area (TPSA) is 16.1 Å². The number of rotatable bonds is 2. The molecular weight excluding hydrogens is 520 g/mol. The molecule has 0 radical (unpaired) electrons. The van der Waals surface area contributed by atoms with E-state index in [2.05, 4.69) is 151 Å². The van der Waals surface area contributed by atoms with Crippen LogP contribution in [0, 0.1) is 0 Å². The second-order valence-electron chi connectivity index (χ2n) is 11.4. The molecule has 0 saturated heterocycles. The summed E-state index contributed by atoms with van der Waals surface area (Å²) in [4.78, 5) is 7.43. The van der Waals surface area contributed by atoms with Crippen LogP contribution in [0.15, 0.2) is 152 Å². The molecule has 2 aliphatic heterocycles. The zero-order valence-electron chi connectivity index (χ0n) is 23.5. The number of pyridine rings is 1. The largest absolute Gasteiger partial charge is 0.309 e. The highest BCUT2D eigenvalue weighted by Crippen LogP contribution is 2.53. The minimum absolute atomic E-state index is 0.975. The van der Waals surface area contributed by atoms with Gasteiger partial charge in [-0.3, -0.25) is 0 Å². The normalized spacial score (nSPS) is 13.3. The van der Waals surface area contributed by atoms with E-state index >= 15 is 0 Å². The molecule has 2 heteroatoms. The summed E-state index contributed by atoms with van der Waals surface area (Å²) in [5.41, 5.74) is 14.8. The summed E-state index contributed by atoms with van der Waals surface area (Å²) in [6.45, 7) is 4.44. The fourth-order valence-corrected chi connectivity index (χ4v) is 6.71. The number of benzene rings is 6. The van der Waals surface area contributed by atoms with Gasteiger partial charge in [-0.15, -0.1) is 0 Å². The lowest BCUT2D eigenvalue weighted by Crippen LogP contribution is -2.24. The second-order valence-corrected chi connectivity index (χ2v) is 11.4. The summed E-state index contributed by atoms with van der Waals surface area (Å²) in [5.74, 6) is 0. The standard InChI is InChI=1S/C41H26N2/c1-26-22-41-34-19-16-31(30-15-14-27-8-2-3-10-29(27)23-30)24-35(34)36-25-32(38-20-17-28-9-4-6-12-37(28)42-38)18-21-40(36)43(41)39-13-7-5-11-33(26)39/h2-25H,1H2. The van der Waals surface area contributed by atoms with Gasteiger partial charge in [0.2, 0.25) is 0 Å². The first-order chi connectivity index (χ1) is 21.2. The molecule has 3 heterocycles. The SMILES string of the molecule is C=C1C=C2c3ccc(-c4ccc5ccccc5c4)cc3-c3cc(-c4ccc5ccccc5n4)ccc3N2c2ccccc21. The molecule has 2 aliphatic rings. The molecule has 0 saturated carbocycles. The summed E-state index contributed by atoms with van der Waals surface area (Å²) in [5, 5.41) is 3.65. The van der Waals surface area contributed by atoms with Gasteiger partial charge in [-0.05, 0) is 81.6 Å². The minimum Gasteiger partial charge on any atom is -0.309 e. The van der Waals surface area contributed by atoms with Crippen molar-refractivity contribution in [2.24, 2.45) is 0 Å². The van der Waals surface area contributed by atoms with Gasteiger partial charge in [-0.25, -0.2) is 4.98 Å². The Morgan fingerprint density at radius 2 is 1.14 bits per heavy atom. The first-order valence-corrected chi connectivity index (χ1v) is 14.7. The van der Waals surface area contributed by atoms with Crippen LogP contribution in [-0.2, 0) is 0 Å². The van der Waals surface area contributed by atoms with Crippen molar-refractivity contribution in [3.05, 3.63) is 163 Å². The van der Waals surface area contributed by atoms with Gasteiger partial charge in [0, 0.05) is 27.6 Å². The number of fused-ring (bicyclic) bond motifs is 10. The Morgan fingerprint density at radius 3 is 2.07 bits per heavy atom. The number of para-hydroxylation sites is 2. The smallest absolute Gasteiger partial charge is 0.0709 e. The van der Waals surface area contributed by atoms with Crippen molar-refractivity contribution in [1.29, 1.82) is 0 Å². The lowest BCUT2D eigenvalue weighted by atomic mass is 9.84. The predicted octanol–water partition coefficient (Wildman–Crippen LogP) is 10.9. The van der Waals surface area contributed by atoms with Gasteiger partial charge in [0.15, 0.2) is 0 Å². The van der Waals surface area contributed by atoms with Gasteiger partial charge in [-0.1, -0.05) is 104 Å². The molecule has 9 rings (SSSR count). The van der Waals surface area contributed by atoms with Crippen LogP contribution in [0.25, 0.3) is 66.5 Å². The third-order valence-corrected chi connectivity index (χ3v) is 8.84. The molecule has 0 aliphatic carbocycles. The maximum absolute atomic E-state index is 5.04. The van der Waals surface area contributed by atoms with Crippen molar-refractivity contribution in [1.82, 2.24) is 4.98 Å². The molecule has 0 fully saturated rings. The van der Waals surface area contributed by atoms with Crippen molar-refractivity contribution >= 4 is 44.3 Å². The number of hydrogen-bond donors (Lipinski definition) is 0. The summed E-state index contributed by atoms with van der Waals surface area (Å²) in [6.07, 6.45) is 2.23. The third-order valence-electron chi connectivity index (χ3n) is 8.84. The van der Waals surface area contributed by atoms with Crippen LogP contribution in [0.3, 0.4) is 0 Å².